The number of halogens is 3. The number of morpholine rings is 1. The lowest BCUT2D eigenvalue weighted by molar-refractivity contribution is -0.159. The summed E-state index contributed by atoms with van der Waals surface area (Å²) in [7, 11) is 0. The van der Waals surface area contributed by atoms with Gasteiger partial charge < -0.3 is 24.4 Å². The molecule has 1 N–H and O–H groups in total. The first kappa shape index (κ1) is 25.7. The van der Waals surface area contributed by atoms with Crippen LogP contribution < -0.4 is 5.32 Å². The fraction of sp³-hybridized carbons (Fsp3) is 0.385. The molecule has 3 amide bonds. The van der Waals surface area contributed by atoms with Gasteiger partial charge in [0.15, 0.2) is 0 Å². The molecule has 1 aromatic heterocycles. The topological polar surface area (TPSA) is 101 Å². The van der Waals surface area contributed by atoms with Crippen LogP contribution in [0.5, 0.6) is 0 Å². The van der Waals surface area contributed by atoms with Gasteiger partial charge in [0.05, 0.1) is 19.3 Å². The molecule has 12 heteroatoms. The van der Waals surface area contributed by atoms with Gasteiger partial charge in [-0.3, -0.25) is 4.79 Å². The summed E-state index contributed by atoms with van der Waals surface area (Å²) >= 11 is 0. The smallest absolute Gasteiger partial charge is 0.377 e. The lowest BCUT2D eigenvalue weighted by Gasteiger charge is -2.38. The second-order valence-electron chi connectivity index (χ2n) is 9.26. The van der Waals surface area contributed by atoms with Crippen LogP contribution in [0.25, 0.3) is 11.4 Å². The molecule has 38 heavy (non-hydrogen) atoms. The van der Waals surface area contributed by atoms with Crippen LogP contribution in [0.3, 0.4) is 0 Å². The summed E-state index contributed by atoms with van der Waals surface area (Å²) < 4.78 is 47.9. The zero-order valence-corrected chi connectivity index (χ0v) is 20.4. The second kappa shape index (κ2) is 10.8. The van der Waals surface area contributed by atoms with Gasteiger partial charge in [0.25, 0.3) is 5.91 Å². The van der Waals surface area contributed by atoms with Gasteiger partial charge in [0, 0.05) is 43.2 Å². The number of benzene rings is 2. The molecule has 3 aromatic rings. The predicted octanol–water partition coefficient (Wildman–Crippen LogP) is 3.80. The van der Waals surface area contributed by atoms with Crippen LogP contribution in [-0.2, 0) is 10.9 Å². The first-order valence-electron chi connectivity index (χ1n) is 12.3. The average molecular weight is 530 g/mol. The number of nitrogens with zero attached hydrogens (tertiary/aromatic N) is 4. The Hall–Kier alpha value is -3.93. The Morgan fingerprint density at radius 3 is 2.53 bits per heavy atom. The third-order valence-corrected chi connectivity index (χ3v) is 6.78. The number of carbonyl (C=O) groups excluding carboxylic acids is 2. The highest BCUT2D eigenvalue weighted by Gasteiger charge is 2.38. The molecule has 2 fully saturated rings. The molecule has 0 saturated carbocycles. The Morgan fingerprint density at radius 2 is 1.82 bits per heavy atom. The number of hydrogen-bond donors (Lipinski definition) is 1. The Kier molecular flexibility index (Phi) is 7.32. The van der Waals surface area contributed by atoms with Crippen molar-refractivity contribution >= 4 is 11.9 Å². The maximum Gasteiger partial charge on any atom is 0.471 e. The molecule has 2 saturated heterocycles. The third-order valence-electron chi connectivity index (χ3n) is 6.78. The van der Waals surface area contributed by atoms with Crippen LogP contribution in [-0.4, -0.2) is 77.3 Å². The Labute approximate surface area is 216 Å². The average Bonchev–Trinajstić information content (AvgIpc) is 3.63. The van der Waals surface area contributed by atoms with Crippen LogP contribution in [0, 0.1) is 0 Å². The summed E-state index contributed by atoms with van der Waals surface area (Å²) in [6, 6.07) is 15.6. The van der Waals surface area contributed by atoms with Gasteiger partial charge in [-0.25, -0.2) is 4.79 Å². The third kappa shape index (κ3) is 5.64. The van der Waals surface area contributed by atoms with Crippen molar-refractivity contribution in [3.8, 4) is 11.4 Å². The van der Waals surface area contributed by atoms with E-state index in [1.54, 1.807) is 4.90 Å². The molecule has 2 atom stereocenters. The highest BCUT2D eigenvalue weighted by molar-refractivity contribution is 5.94. The van der Waals surface area contributed by atoms with E-state index in [9.17, 15) is 22.8 Å². The largest absolute Gasteiger partial charge is 0.471 e. The van der Waals surface area contributed by atoms with E-state index in [4.69, 9.17) is 4.74 Å². The molecule has 0 aliphatic carbocycles. The Bertz CT molecular complexity index is 1270. The summed E-state index contributed by atoms with van der Waals surface area (Å²) in [6.07, 6.45) is -3.83. The standard InChI is InChI=1S/C26H26F3N5O4/c27-26(28,29)24-31-22(32-38-24)18-6-8-19(9-7-18)23(35)30-14-21-16-37-13-12-34(21)25(36)33-11-10-20(15-33)17-4-2-1-3-5-17/h1-9,20-21H,10-16H2,(H,30,35)/t20?,21-/m0/s1. The SMILES string of the molecule is O=C(NC[C@H]1COCCN1C(=O)N1CCC(c2ccccc2)C1)c1ccc(-c2noc(C(F)(F)F)n2)cc1. The van der Waals surface area contributed by atoms with E-state index < -0.39 is 12.1 Å². The van der Waals surface area contributed by atoms with Gasteiger partial charge in [0.1, 0.15) is 0 Å². The van der Waals surface area contributed by atoms with E-state index in [2.05, 4.69) is 32.1 Å². The Morgan fingerprint density at radius 1 is 1.05 bits per heavy atom. The molecule has 9 nitrogen and oxygen atoms in total. The van der Waals surface area contributed by atoms with Gasteiger partial charge in [0.2, 0.25) is 5.82 Å². The zero-order valence-electron chi connectivity index (χ0n) is 20.4. The molecule has 2 aromatic carbocycles. The van der Waals surface area contributed by atoms with Gasteiger partial charge >= 0.3 is 18.1 Å². The van der Waals surface area contributed by atoms with Crippen molar-refractivity contribution in [1.29, 1.82) is 0 Å². The maximum atomic E-state index is 13.3. The molecule has 0 spiro atoms. The van der Waals surface area contributed by atoms with Crippen LogP contribution in [0.4, 0.5) is 18.0 Å². The minimum atomic E-state index is -4.73. The summed E-state index contributed by atoms with van der Waals surface area (Å²) in [5, 5.41) is 6.17. The number of likely N-dealkylation sites (tertiary alicyclic amines) is 1. The van der Waals surface area contributed by atoms with E-state index in [1.807, 2.05) is 23.1 Å². The fourth-order valence-corrected chi connectivity index (χ4v) is 4.73. The minimum Gasteiger partial charge on any atom is -0.377 e. The number of hydrogen-bond acceptors (Lipinski definition) is 6. The number of carbonyl (C=O) groups is 2. The van der Waals surface area contributed by atoms with Crippen molar-refractivity contribution in [2.24, 2.45) is 0 Å². The van der Waals surface area contributed by atoms with Crippen molar-refractivity contribution in [2.75, 3.05) is 39.4 Å². The Balaban J connectivity index is 1.17. The van der Waals surface area contributed by atoms with Crippen LogP contribution in [0.15, 0.2) is 59.1 Å². The second-order valence-corrected chi connectivity index (χ2v) is 9.26. The lowest BCUT2D eigenvalue weighted by atomic mass is 9.99. The highest BCUT2D eigenvalue weighted by atomic mass is 19.4. The molecule has 2 aliphatic rings. The summed E-state index contributed by atoms with van der Waals surface area (Å²) in [4.78, 5) is 33.0. The summed E-state index contributed by atoms with van der Waals surface area (Å²) in [5.74, 6) is -1.75. The van der Waals surface area contributed by atoms with Gasteiger partial charge in [-0.1, -0.05) is 47.6 Å². The maximum absolute atomic E-state index is 13.3. The molecular weight excluding hydrogens is 503 g/mol. The first-order valence-corrected chi connectivity index (χ1v) is 12.3. The molecule has 0 bridgehead atoms. The van der Waals surface area contributed by atoms with E-state index >= 15 is 0 Å². The summed E-state index contributed by atoms with van der Waals surface area (Å²) in [6.45, 7) is 2.69. The predicted molar refractivity (Wildman–Crippen MR) is 129 cm³/mol. The molecule has 3 heterocycles. The number of aromatic nitrogens is 2. The molecule has 200 valence electrons. The number of amides is 3. The summed E-state index contributed by atoms with van der Waals surface area (Å²) in [5.41, 5.74) is 1.80. The van der Waals surface area contributed by atoms with E-state index in [0.717, 1.165) is 6.42 Å². The van der Waals surface area contributed by atoms with E-state index in [1.165, 1.54) is 29.8 Å². The van der Waals surface area contributed by atoms with Crippen LogP contribution >= 0.6 is 0 Å². The van der Waals surface area contributed by atoms with E-state index in [-0.39, 0.29) is 35.9 Å². The number of rotatable bonds is 5. The quantitative estimate of drug-likeness (QED) is 0.540. The fourth-order valence-electron chi connectivity index (χ4n) is 4.73. The van der Waals surface area contributed by atoms with Crippen molar-refractivity contribution in [3.63, 3.8) is 0 Å². The number of ether oxygens (including phenoxy) is 1. The van der Waals surface area contributed by atoms with Crippen molar-refractivity contribution in [3.05, 3.63) is 71.6 Å². The minimum absolute atomic E-state index is 0.0614. The number of nitrogens with one attached hydrogen (secondary N) is 1. The van der Waals surface area contributed by atoms with Crippen molar-refractivity contribution in [1.82, 2.24) is 25.3 Å². The monoisotopic (exact) mass is 529 g/mol. The normalized spacial score (nSPS) is 20.0. The van der Waals surface area contributed by atoms with Crippen LogP contribution in [0.2, 0.25) is 0 Å². The molecule has 1 unspecified atom stereocenters. The van der Waals surface area contributed by atoms with Gasteiger partial charge in [-0.2, -0.15) is 18.2 Å². The zero-order chi connectivity index (χ0) is 26.7. The molecule has 0 radical (unpaired) electrons. The van der Waals surface area contributed by atoms with Crippen molar-refractivity contribution < 1.29 is 32.0 Å². The molecular formula is C26H26F3N5O4. The number of alkyl halides is 3. The van der Waals surface area contributed by atoms with Gasteiger partial charge in [-0.15, -0.1) is 0 Å². The lowest BCUT2D eigenvalue weighted by Crippen LogP contribution is -2.56. The highest BCUT2D eigenvalue weighted by Crippen LogP contribution is 2.30. The molecule has 2 aliphatic heterocycles. The first-order chi connectivity index (χ1) is 18.3. The number of urea groups is 1. The van der Waals surface area contributed by atoms with Gasteiger partial charge in [-0.05, 0) is 24.1 Å². The van der Waals surface area contributed by atoms with Crippen molar-refractivity contribution in [2.45, 2.75) is 24.6 Å². The molecule has 5 rings (SSSR count). The van der Waals surface area contributed by atoms with Crippen LogP contribution in [0.1, 0.15) is 34.2 Å². The van der Waals surface area contributed by atoms with E-state index in [0.29, 0.717) is 44.3 Å².